The number of amides is 2. The molecule has 0 saturated carbocycles. The van der Waals surface area contributed by atoms with E-state index in [2.05, 4.69) is 10.6 Å². The standard InChI is InChI=1S/C21H24N2O5/c1-21(26,10-9-15-5-3-2-4-6-15)13-23-20(25)19(24)22-12-16-7-8-17-18(11-16)28-14-27-17/h2-8,11,26H,9-10,12-14H2,1H3,(H,22,24)(H,23,25)/t21-/m1/s1. The number of carbonyl (C=O) groups excluding carboxylic acids is 2. The van der Waals surface area contributed by atoms with Crippen LogP contribution < -0.4 is 20.1 Å². The highest BCUT2D eigenvalue weighted by atomic mass is 16.7. The van der Waals surface area contributed by atoms with E-state index >= 15 is 0 Å². The highest BCUT2D eigenvalue weighted by Gasteiger charge is 2.23. The summed E-state index contributed by atoms with van der Waals surface area (Å²) in [5.74, 6) is -0.256. The van der Waals surface area contributed by atoms with Gasteiger partial charge in [-0.15, -0.1) is 0 Å². The molecule has 7 nitrogen and oxygen atoms in total. The first-order valence-corrected chi connectivity index (χ1v) is 9.14. The SMILES string of the molecule is C[C@@](O)(CCc1ccccc1)CNC(=O)C(=O)NCc1ccc2c(c1)OCO2. The number of rotatable bonds is 7. The van der Waals surface area contributed by atoms with Crippen molar-refractivity contribution in [2.75, 3.05) is 13.3 Å². The minimum Gasteiger partial charge on any atom is -0.454 e. The number of ether oxygens (including phenoxy) is 2. The van der Waals surface area contributed by atoms with E-state index in [1.54, 1.807) is 25.1 Å². The molecule has 0 saturated heterocycles. The summed E-state index contributed by atoms with van der Waals surface area (Å²) in [5, 5.41) is 15.5. The summed E-state index contributed by atoms with van der Waals surface area (Å²) in [7, 11) is 0. The Morgan fingerprint density at radius 1 is 1.00 bits per heavy atom. The van der Waals surface area contributed by atoms with Crippen molar-refractivity contribution in [3.8, 4) is 11.5 Å². The molecule has 1 aliphatic rings. The zero-order valence-electron chi connectivity index (χ0n) is 15.7. The fourth-order valence-electron chi connectivity index (χ4n) is 2.81. The topological polar surface area (TPSA) is 96.9 Å². The van der Waals surface area contributed by atoms with E-state index in [-0.39, 0.29) is 19.9 Å². The lowest BCUT2D eigenvalue weighted by molar-refractivity contribution is -0.139. The van der Waals surface area contributed by atoms with Gasteiger partial charge in [0.05, 0.1) is 5.60 Å². The van der Waals surface area contributed by atoms with Crippen LogP contribution in [0.5, 0.6) is 11.5 Å². The fraction of sp³-hybridized carbons (Fsp3) is 0.333. The molecule has 0 spiro atoms. The molecule has 2 aromatic carbocycles. The fourth-order valence-corrected chi connectivity index (χ4v) is 2.81. The molecule has 0 radical (unpaired) electrons. The van der Waals surface area contributed by atoms with Crippen LogP contribution >= 0.6 is 0 Å². The summed E-state index contributed by atoms with van der Waals surface area (Å²) in [4.78, 5) is 24.0. The second-order valence-electron chi connectivity index (χ2n) is 7.04. The number of hydrogen-bond donors (Lipinski definition) is 3. The quantitative estimate of drug-likeness (QED) is 0.629. The van der Waals surface area contributed by atoms with Crippen molar-refractivity contribution in [2.45, 2.75) is 31.9 Å². The lowest BCUT2D eigenvalue weighted by atomic mass is 9.97. The highest BCUT2D eigenvalue weighted by Crippen LogP contribution is 2.32. The van der Waals surface area contributed by atoms with E-state index in [4.69, 9.17) is 9.47 Å². The smallest absolute Gasteiger partial charge is 0.309 e. The average Bonchev–Trinajstić information content (AvgIpc) is 3.17. The number of fused-ring (bicyclic) bond motifs is 1. The Bertz CT molecular complexity index is 836. The van der Waals surface area contributed by atoms with E-state index in [0.29, 0.717) is 24.3 Å². The van der Waals surface area contributed by atoms with Crippen LogP contribution in [0.4, 0.5) is 0 Å². The number of aliphatic hydroxyl groups is 1. The molecule has 1 heterocycles. The summed E-state index contributed by atoms with van der Waals surface area (Å²) in [6.07, 6.45) is 1.15. The van der Waals surface area contributed by atoms with Gasteiger partial charge in [-0.2, -0.15) is 0 Å². The molecule has 0 bridgehead atoms. The number of benzene rings is 2. The molecule has 2 amide bonds. The van der Waals surface area contributed by atoms with E-state index in [9.17, 15) is 14.7 Å². The molecule has 3 N–H and O–H groups in total. The van der Waals surface area contributed by atoms with Crippen LogP contribution in [0.1, 0.15) is 24.5 Å². The molecule has 0 unspecified atom stereocenters. The van der Waals surface area contributed by atoms with Gasteiger partial charge in [0.25, 0.3) is 0 Å². The zero-order valence-corrected chi connectivity index (χ0v) is 15.7. The van der Waals surface area contributed by atoms with Gasteiger partial charge in [-0.25, -0.2) is 0 Å². The van der Waals surface area contributed by atoms with Gasteiger partial charge < -0.3 is 25.2 Å². The minimum absolute atomic E-state index is 0.00386. The van der Waals surface area contributed by atoms with Crippen molar-refractivity contribution in [3.05, 3.63) is 59.7 Å². The monoisotopic (exact) mass is 384 g/mol. The van der Waals surface area contributed by atoms with Gasteiger partial charge >= 0.3 is 11.8 Å². The Hall–Kier alpha value is -3.06. The molecule has 3 rings (SSSR count). The second kappa shape index (κ2) is 8.75. The first kappa shape index (κ1) is 19.7. The molecule has 1 aliphatic heterocycles. The Labute approximate surface area is 163 Å². The number of hydrogen-bond acceptors (Lipinski definition) is 5. The van der Waals surface area contributed by atoms with Crippen molar-refractivity contribution in [1.82, 2.24) is 10.6 Å². The Kier molecular flexibility index (Phi) is 6.16. The van der Waals surface area contributed by atoms with E-state index in [1.807, 2.05) is 30.3 Å². The predicted molar refractivity (Wildman–Crippen MR) is 103 cm³/mol. The number of aryl methyl sites for hydroxylation is 1. The molecule has 0 fully saturated rings. The van der Waals surface area contributed by atoms with Crippen LogP contribution in [0.25, 0.3) is 0 Å². The predicted octanol–water partition coefficient (Wildman–Crippen LogP) is 1.53. The first-order valence-electron chi connectivity index (χ1n) is 9.14. The van der Waals surface area contributed by atoms with Gasteiger partial charge in [0, 0.05) is 13.1 Å². The van der Waals surface area contributed by atoms with Crippen LogP contribution in [0.3, 0.4) is 0 Å². The maximum Gasteiger partial charge on any atom is 0.309 e. The number of nitrogens with one attached hydrogen (secondary N) is 2. The van der Waals surface area contributed by atoms with Gasteiger partial charge in [0.15, 0.2) is 11.5 Å². The molecule has 148 valence electrons. The average molecular weight is 384 g/mol. The van der Waals surface area contributed by atoms with Gasteiger partial charge in [0.1, 0.15) is 0 Å². The molecule has 28 heavy (non-hydrogen) atoms. The van der Waals surface area contributed by atoms with Crippen LogP contribution in [-0.2, 0) is 22.6 Å². The lowest BCUT2D eigenvalue weighted by Crippen LogP contribution is -2.46. The van der Waals surface area contributed by atoms with Crippen molar-refractivity contribution in [1.29, 1.82) is 0 Å². The van der Waals surface area contributed by atoms with Crippen LogP contribution in [-0.4, -0.2) is 35.9 Å². The van der Waals surface area contributed by atoms with Crippen LogP contribution in [0.2, 0.25) is 0 Å². The molecule has 1 atom stereocenters. The van der Waals surface area contributed by atoms with E-state index in [0.717, 1.165) is 11.1 Å². The number of carbonyl (C=O) groups is 2. The Morgan fingerprint density at radius 2 is 1.71 bits per heavy atom. The first-order chi connectivity index (χ1) is 13.4. The van der Waals surface area contributed by atoms with E-state index in [1.165, 1.54) is 0 Å². The normalized spacial score (nSPS) is 14.2. The van der Waals surface area contributed by atoms with Crippen molar-refractivity contribution in [2.24, 2.45) is 0 Å². The third kappa shape index (κ3) is 5.47. The largest absolute Gasteiger partial charge is 0.454 e. The minimum atomic E-state index is -1.11. The van der Waals surface area contributed by atoms with Crippen molar-refractivity contribution in [3.63, 3.8) is 0 Å². The van der Waals surface area contributed by atoms with Gasteiger partial charge in [-0.1, -0.05) is 36.4 Å². The van der Waals surface area contributed by atoms with Gasteiger partial charge in [-0.05, 0) is 43.0 Å². The molecular formula is C21H24N2O5. The summed E-state index contributed by atoms with van der Waals surface area (Å²) in [5.41, 5.74) is 0.791. The maximum absolute atomic E-state index is 12.0. The van der Waals surface area contributed by atoms with Crippen molar-refractivity contribution >= 4 is 11.8 Å². The highest BCUT2D eigenvalue weighted by molar-refractivity contribution is 6.35. The molecule has 7 heteroatoms. The molecule has 2 aromatic rings. The molecular weight excluding hydrogens is 360 g/mol. The zero-order chi connectivity index (χ0) is 20.0. The molecule has 0 aromatic heterocycles. The molecule has 0 aliphatic carbocycles. The Balaban J connectivity index is 1.41. The lowest BCUT2D eigenvalue weighted by Gasteiger charge is -2.23. The van der Waals surface area contributed by atoms with Crippen LogP contribution in [0, 0.1) is 0 Å². The van der Waals surface area contributed by atoms with E-state index < -0.39 is 17.4 Å². The second-order valence-corrected chi connectivity index (χ2v) is 7.04. The summed E-state index contributed by atoms with van der Waals surface area (Å²) in [6, 6.07) is 15.1. The summed E-state index contributed by atoms with van der Waals surface area (Å²) >= 11 is 0. The van der Waals surface area contributed by atoms with Gasteiger partial charge in [-0.3, -0.25) is 9.59 Å². The Morgan fingerprint density at radius 3 is 2.50 bits per heavy atom. The third-order valence-corrected chi connectivity index (χ3v) is 4.52. The van der Waals surface area contributed by atoms with Crippen LogP contribution in [0.15, 0.2) is 48.5 Å². The summed E-state index contributed by atoms with van der Waals surface area (Å²) in [6.45, 7) is 2.00. The van der Waals surface area contributed by atoms with Gasteiger partial charge in [0.2, 0.25) is 6.79 Å². The third-order valence-electron chi connectivity index (χ3n) is 4.52. The summed E-state index contributed by atoms with van der Waals surface area (Å²) < 4.78 is 10.5. The maximum atomic E-state index is 12.0. The van der Waals surface area contributed by atoms with Crippen molar-refractivity contribution < 1.29 is 24.2 Å².